The van der Waals surface area contributed by atoms with Gasteiger partial charge in [0.1, 0.15) is 5.75 Å². The molecule has 0 aliphatic rings. The monoisotopic (exact) mass is 424 g/mol. The number of halogens is 2. The molecule has 1 aromatic heterocycles. The Morgan fingerprint density at radius 2 is 1.93 bits per heavy atom. The third kappa shape index (κ3) is 4.88. The van der Waals surface area contributed by atoms with Gasteiger partial charge < -0.3 is 9.47 Å². The molecule has 1 heterocycles. The van der Waals surface area contributed by atoms with Crippen LogP contribution < -0.4 is 10.1 Å². The number of ether oxygens (including phenoxy) is 2. The zero-order valence-electron chi connectivity index (χ0n) is 14.1. The molecule has 6 nitrogen and oxygen atoms in total. The van der Waals surface area contributed by atoms with E-state index in [2.05, 4.69) is 10.3 Å². The topological polar surface area (TPSA) is 77.5 Å². The van der Waals surface area contributed by atoms with Gasteiger partial charge >= 0.3 is 5.97 Å². The first-order valence-corrected chi connectivity index (χ1v) is 9.36. The van der Waals surface area contributed by atoms with Crippen molar-refractivity contribution in [2.24, 2.45) is 0 Å². The third-order valence-electron chi connectivity index (χ3n) is 3.59. The van der Waals surface area contributed by atoms with Crippen molar-refractivity contribution in [3.05, 3.63) is 52.0 Å². The zero-order valence-corrected chi connectivity index (χ0v) is 16.5. The smallest absolute Gasteiger partial charge is 0.310 e. The van der Waals surface area contributed by atoms with Crippen molar-refractivity contribution >= 4 is 61.8 Å². The molecule has 0 spiro atoms. The first kappa shape index (κ1) is 19.4. The molecule has 0 aliphatic carbocycles. The molecule has 0 unspecified atom stereocenters. The van der Waals surface area contributed by atoms with E-state index in [-0.39, 0.29) is 6.42 Å². The normalized spacial score (nSPS) is 10.6. The first-order chi connectivity index (χ1) is 13.0. The number of thiazole rings is 1. The summed E-state index contributed by atoms with van der Waals surface area (Å²) in [7, 11) is 1.58. The number of hydrogen-bond acceptors (Lipinski definition) is 6. The van der Waals surface area contributed by atoms with Gasteiger partial charge in [-0.15, -0.1) is 0 Å². The molecule has 1 amide bonds. The van der Waals surface area contributed by atoms with Gasteiger partial charge in [-0.05, 0) is 30.3 Å². The maximum atomic E-state index is 12.0. The second-order valence-electron chi connectivity index (χ2n) is 5.44. The highest BCUT2D eigenvalue weighted by atomic mass is 35.5. The number of esters is 1. The molecule has 0 saturated heterocycles. The minimum absolute atomic E-state index is 0.118. The molecular formula is C18H14Cl2N2O4S. The van der Waals surface area contributed by atoms with Crippen LogP contribution >= 0.6 is 34.5 Å². The Kier molecular flexibility index (Phi) is 6.15. The number of carbonyl (C=O) groups excluding carboxylic acids is 2. The van der Waals surface area contributed by atoms with Gasteiger partial charge in [0.2, 0.25) is 0 Å². The maximum absolute atomic E-state index is 12.0. The van der Waals surface area contributed by atoms with Crippen LogP contribution in [0.3, 0.4) is 0 Å². The summed E-state index contributed by atoms with van der Waals surface area (Å²) in [4.78, 5) is 28.2. The van der Waals surface area contributed by atoms with E-state index >= 15 is 0 Å². The number of nitrogens with zero attached hydrogens (tertiary/aromatic N) is 1. The molecule has 3 rings (SSSR count). The van der Waals surface area contributed by atoms with Crippen LogP contribution in [0, 0.1) is 0 Å². The molecule has 0 saturated carbocycles. The number of anilines is 1. The number of carbonyl (C=O) groups is 2. The fraction of sp³-hybridized carbons (Fsp3) is 0.167. The van der Waals surface area contributed by atoms with Crippen molar-refractivity contribution in [1.29, 1.82) is 0 Å². The minimum atomic E-state index is -0.603. The van der Waals surface area contributed by atoms with E-state index in [0.717, 1.165) is 10.2 Å². The molecule has 0 radical (unpaired) electrons. The highest BCUT2D eigenvalue weighted by Gasteiger charge is 2.14. The zero-order chi connectivity index (χ0) is 19.4. The standard InChI is InChI=1S/C18H14Cl2N2O4S/c1-25-10-5-6-14-15(7-10)27-18(21-14)22-16(23)9-26-17(24)8-11-12(19)3-2-4-13(11)20/h2-7H,8-9H2,1H3,(H,21,22,23). The van der Waals surface area contributed by atoms with Crippen molar-refractivity contribution in [1.82, 2.24) is 4.98 Å². The molecule has 2 aromatic carbocycles. The van der Waals surface area contributed by atoms with Gasteiger partial charge in [-0.1, -0.05) is 40.6 Å². The van der Waals surface area contributed by atoms with Crippen molar-refractivity contribution in [3.8, 4) is 5.75 Å². The molecule has 0 fully saturated rings. The summed E-state index contributed by atoms with van der Waals surface area (Å²) in [5.74, 6) is -0.384. The van der Waals surface area contributed by atoms with Gasteiger partial charge in [0, 0.05) is 15.6 Å². The molecule has 0 bridgehead atoms. The molecule has 0 atom stereocenters. The van der Waals surface area contributed by atoms with Gasteiger partial charge in [-0.25, -0.2) is 4.98 Å². The SMILES string of the molecule is COc1ccc2nc(NC(=O)COC(=O)Cc3c(Cl)cccc3Cl)sc2c1. The fourth-order valence-corrected chi connectivity index (χ4v) is 3.72. The lowest BCUT2D eigenvalue weighted by Gasteiger charge is -2.07. The van der Waals surface area contributed by atoms with Crippen LogP contribution in [0.25, 0.3) is 10.2 Å². The molecule has 3 aromatic rings. The average molecular weight is 425 g/mol. The Hall–Kier alpha value is -2.35. The van der Waals surface area contributed by atoms with E-state index < -0.39 is 18.5 Å². The summed E-state index contributed by atoms with van der Waals surface area (Å²) in [6.45, 7) is -0.430. The molecule has 140 valence electrons. The van der Waals surface area contributed by atoms with Crippen molar-refractivity contribution < 1.29 is 19.1 Å². The maximum Gasteiger partial charge on any atom is 0.310 e. The lowest BCUT2D eigenvalue weighted by atomic mass is 10.1. The number of fused-ring (bicyclic) bond motifs is 1. The fourth-order valence-electron chi connectivity index (χ4n) is 2.28. The molecular weight excluding hydrogens is 411 g/mol. The largest absolute Gasteiger partial charge is 0.497 e. The Morgan fingerprint density at radius 3 is 2.63 bits per heavy atom. The Bertz CT molecular complexity index is 986. The van der Waals surface area contributed by atoms with Gasteiger partial charge in [0.15, 0.2) is 11.7 Å². The van der Waals surface area contributed by atoms with Crippen molar-refractivity contribution in [2.45, 2.75) is 6.42 Å². The predicted octanol–water partition coefficient (Wildman–Crippen LogP) is 4.34. The van der Waals surface area contributed by atoms with Crippen LogP contribution in [-0.2, 0) is 20.7 Å². The lowest BCUT2D eigenvalue weighted by Crippen LogP contribution is -2.21. The Morgan fingerprint density at radius 1 is 1.19 bits per heavy atom. The van der Waals surface area contributed by atoms with Crippen LogP contribution in [0.15, 0.2) is 36.4 Å². The van der Waals surface area contributed by atoms with E-state index in [9.17, 15) is 9.59 Å². The van der Waals surface area contributed by atoms with E-state index in [0.29, 0.717) is 26.5 Å². The van der Waals surface area contributed by atoms with Gasteiger partial charge in [-0.3, -0.25) is 14.9 Å². The number of rotatable bonds is 6. The summed E-state index contributed by atoms with van der Waals surface area (Å²) in [6.07, 6.45) is -0.118. The number of methoxy groups -OCH3 is 1. The third-order valence-corrected chi connectivity index (χ3v) is 5.23. The average Bonchev–Trinajstić information content (AvgIpc) is 3.04. The van der Waals surface area contributed by atoms with Crippen LogP contribution in [0.5, 0.6) is 5.75 Å². The molecule has 0 aliphatic heterocycles. The van der Waals surface area contributed by atoms with Crippen molar-refractivity contribution in [3.63, 3.8) is 0 Å². The number of nitrogens with one attached hydrogen (secondary N) is 1. The predicted molar refractivity (Wildman–Crippen MR) is 106 cm³/mol. The summed E-state index contributed by atoms with van der Waals surface area (Å²) in [5, 5.41) is 3.76. The van der Waals surface area contributed by atoms with Gasteiger partial charge in [0.05, 0.1) is 23.7 Å². The number of aromatic nitrogens is 1. The van der Waals surface area contributed by atoms with Crippen LogP contribution in [0.2, 0.25) is 10.0 Å². The highest BCUT2D eigenvalue weighted by molar-refractivity contribution is 7.22. The van der Waals surface area contributed by atoms with E-state index in [1.165, 1.54) is 11.3 Å². The minimum Gasteiger partial charge on any atom is -0.497 e. The molecule has 9 heteroatoms. The second-order valence-corrected chi connectivity index (χ2v) is 7.28. The lowest BCUT2D eigenvalue weighted by molar-refractivity contribution is -0.146. The number of hydrogen-bond donors (Lipinski definition) is 1. The van der Waals surface area contributed by atoms with E-state index in [1.54, 1.807) is 37.4 Å². The Balaban J connectivity index is 1.55. The quantitative estimate of drug-likeness (QED) is 0.595. The number of amides is 1. The molecule has 1 N–H and O–H groups in total. The van der Waals surface area contributed by atoms with Crippen LogP contribution in [-0.4, -0.2) is 30.6 Å². The summed E-state index contributed by atoms with van der Waals surface area (Å²) < 4.78 is 11.0. The summed E-state index contributed by atoms with van der Waals surface area (Å²) in [6, 6.07) is 10.4. The van der Waals surface area contributed by atoms with E-state index in [1.807, 2.05) is 6.07 Å². The second kappa shape index (κ2) is 8.56. The van der Waals surface area contributed by atoms with Crippen molar-refractivity contribution in [2.75, 3.05) is 19.0 Å². The highest BCUT2D eigenvalue weighted by Crippen LogP contribution is 2.29. The van der Waals surface area contributed by atoms with Gasteiger partial charge in [-0.2, -0.15) is 0 Å². The Labute approximate surface area is 169 Å². The molecule has 27 heavy (non-hydrogen) atoms. The first-order valence-electron chi connectivity index (χ1n) is 7.79. The number of benzene rings is 2. The summed E-state index contributed by atoms with van der Waals surface area (Å²) >= 11 is 13.3. The van der Waals surface area contributed by atoms with Crippen LogP contribution in [0.4, 0.5) is 5.13 Å². The summed E-state index contributed by atoms with van der Waals surface area (Å²) in [5.41, 5.74) is 1.20. The van der Waals surface area contributed by atoms with E-state index in [4.69, 9.17) is 32.7 Å². The van der Waals surface area contributed by atoms with Gasteiger partial charge in [0.25, 0.3) is 5.91 Å². The van der Waals surface area contributed by atoms with Crippen LogP contribution in [0.1, 0.15) is 5.56 Å².